The number of methoxy groups -OCH3 is 4. The van der Waals surface area contributed by atoms with Crippen molar-refractivity contribution in [3.8, 4) is 56.9 Å². The molecule has 0 aliphatic rings. The van der Waals surface area contributed by atoms with Crippen LogP contribution in [0.2, 0.25) is 0 Å². The van der Waals surface area contributed by atoms with Gasteiger partial charge in [-0.1, -0.05) is 24.3 Å². The van der Waals surface area contributed by atoms with E-state index in [2.05, 4.69) is 5.32 Å². The predicted octanol–water partition coefficient (Wildman–Crippen LogP) is 6.71. The van der Waals surface area contributed by atoms with Gasteiger partial charge in [-0.05, 0) is 66.2 Å². The van der Waals surface area contributed by atoms with Gasteiger partial charge >= 0.3 is 6.18 Å². The van der Waals surface area contributed by atoms with E-state index in [9.17, 15) is 18.0 Å². The molecule has 1 heterocycles. The molecule has 0 aliphatic heterocycles. The topological polar surface area (TPSA) is 128 Å². The van der Waals surface area contributed by atoms with Gasteiger partial charge in [-0.15, -0.1) is 0 Å². The number of hydrogen-bond acceptors (Lipinski definition) is 9. The van der Waals surface area contributed by atoms with Crippen LogP contribution in [-0.4, -0.2) is 83.4 Å². The lowest BCUT2D eigenvalue weighted by atomic mass is 10.0. The molecule has 5 aromatic rings. The highest BCUT2D eigenvalue weighted by Gasteiger charge is 2.31. The first-order valence-electron chi connectivity index (χ1n) is 17.1. The fourth-order valence-corrected chi connectivity index (χ4v) is 5.78. The van der Waals surface area contributed by atoms with Crippen molar-refractivity contribution in [1.82, 2.24) is 14.9 Å². The number of nitrogens with one attached hydrogen (secondary N) is 1. The molecule has 5 rings (SSSR count). The third kappa shape index (κ3) is 9.50. The second-order valence-corrected chi connectivity index (χ2v) is 11.9. The van der Waals surface area contributed by atoms with Crippen molar-refractivity contribution in [1.29, 1.82) is 0 Å². The lowest BCUT2D eigenvalue weighted by Gasteiger charge is -2.16. The van der Waals surface area contributed by atoms with Gasteiger partial charge in [0.1, 0.15) is 5.82 Å². The number of carbonyl (C=O) groups excluding carboxylic acids is 1. The number of imidazole rings is 1. The predicted molar refractivity (Wildman–Crippen MR) is 198 cm³/mol. The number of halogens is 3. The van der Waals surface area contributed by atoms with E-state index in [4.69, 9.17) is 39.1 Å². The van der Waals surface area contributed by atoms with Gasteiger partial charge in [0.2, 0.25) is 0 Å². The van der Waals surface area contributed by atoms with E-state index in [1.807, 2.05) is 34.9 Å². The molecule has 1 aromatic heterocycles. The van der Waals surface area contributed by atoms with Gasteiger partial charge in [0.25, 0.3) is 5.91 Å². The van der Waals surface area contributed by atoms with E-state index < -0.39 is 11.7 Å². The van der Waals surface area contributed by atoms with Crippen molar-refractivity contribution in [2.45, 2.75) is 12.7 Å². The number of ether oxygens (including phenoxy) is 6. The van der Waals surface area contributed by atoms with Crippen molar-refractivity contribution in [3.05, 3.63) is 102 Å². The molecule has 54 heavy (non-hydrogen) atoms. The van der Waals surface area contributed by atoms with Gasteiger partial charge in [0, 0.05) is 41.9 Å². The van der Waals surface area contributed by atoms with Crippen molar-refractivity contribution in [2.24, 2.45) is 5.73 Å². The minimum atomic E-state index is -4.51. The molecule has 11 nitrogen and oxygen atoms in total. The standard InChI is InChI=1S/C40H43F3N4O7/c1-49-32-15-11-29(23-34(32)51-3)36-37(30-12-16-33(50-2)35(24-30)52-4)47(38(46-36)27-9-13-31(14-10-27)40(41,42)43)25-26-5-7-28(8-6-26)39(48)45-18-20-54-22-21-53-19-17-44/h5-16,23-24H,17-22,25,44H2,1-4H3,(H,45,48). The number of carbonyl (C=O) groups is 1. The van der Waals surface area contributed by atoms with Crippen LogP contribution >= 0.6 is 0 Å². The number of nitrogens with two attached hydrogens (primary N) is 1. The molecule has 0 radical (unpaired) electrons. The normalized spacial score (nSPS) is 11.3. The molecule has 0 aliphatic carbocycles. The molecule has 0 fully saturated rings. The van der Waals surface area contributed by atoms with Crippen LogP contribution in [0.3, 0.4) is 0 Å². The number of benzene rings is 4. The van der Waals surface area contributed by atoms with Gasteiger partial charge < -0.3 is 44.0 Å². The average Bonchev–Trinajstić information content (AvgIpc) is 3.56. The Bertz CT molecular complexity index is 2000. The minimum absolute atomic E-state index is 0.238. The Balaban J connectivity index is 1.56. The molecule has 14 heteroatoms. The Morgan fingerprint density at radius 3 is 1.83 bits per heavy atom. The minimum Gasteiger partial charge on any atom is -0.493 e. The van der Waals surface area contributed by atoms with E-state index in [-0.39, 0.29) is 12.5 Å². The molecule has 1 amide bonds. The summed E-state index contributed by atoms with van der Waals surface area (Å²) in [5.41, 5.74) is 8.88. The number of hydrogen-bond donors (Lipinski definition) is 2. The summed E-state index contributed by atoms with van der Waals surface area (Å²) in [6.07, 6.45) is -4.51. The van der Waals surface area contributed by atoms with Crippen LogP contribution in [0.4, 0.5) is 13.2 Å². The highest BCUT2D eigenvalue weighted by molar-refractivity contribution is 5.94. The van der Waals surface area contributed by atoms with E-state index in [0.29, 0.717) is 102 Å². The van der Waals surface area contributed by atoms with Gasteiger partial charge in [0.15, 0.2) is 23.0 Å². The SMILES string of the molecule is COc1ccc(-c2nc(-c3ccc(C(F)(F)F)cc3)n(Cc3ccc(C(=O)NCCOCCOCCN)cc3)c2-c2ccc(OC)c(OC)c2)cc1OC. The Kier molecular flexibility index (Phi) is 13.5. The maximum absolute atomic E-state index is 13.6. The third-order valence-corrected chi connectivity index (χ3v) is 8.47. The first-order chi connectivity index (χ1) is 26.1. The second-order valence-electron chi connectivity index (χ2n) is 11.9. The first-order valence-corrected chi connectivity index (χ1v) is 17.1. The summed E-state index contributed by atoms with van der Waals surface area (Å²) in [6.45, 7) is 2.60. The molecule has 3 N–H and O–H groups in total. The molecule has 286 valence electrons. The summed E-state index contributed by atoms with van der Waals surface area (Å²) < 4.78 is 75.7. The van der Waals surface area contributed by atoms with Crippen LogP contribution < -0.4 is 30.0 Å². The number of aromatic nitrogens is 2. The number of alkyl halides is 3. The zero-order chi connectivity index (χ0) is 38.7. The molecule has 0 bridgehead atoms. The zero-order valence-electron chi connectivity index (χ0n) is 30.5. The van der Waals surface area contributed by atoms with Gasteiger partial charge in [-0.3, -0.25) is 4.79 Å². The highest BCUT2D eigenvalue weighted by Crippen LogP contribution is 2.42. The molecule has 0 atom stereocenters. The molecular weight excluding hydrogens is 705 g/mol. The quantitative estimate of drug-likeness (QED) is 0.0941. The van der Waals surface area contributed by atoms with Gasteiger partial charge in [0.05, 0.1) is 71.8 Å². The highest BCUT2D eigenvalue weighted by atomic mass is 19.4. The average molecular weight is 749 g/mol. The number of amides is 1. The van der Waals surface area contributed by atoms with E-state index >= 15 is 0 Å². The van der Waals surface area contributed by atoms with Gasteiger partial charge in [-0.2, -0.15) is 13.2 Å². The fraction of sp³-hybridized carbons (Fsp3) is 0.300. The zero-order valence-corrected chi connectivity index (χ0v) is 30.5. The lowest BCUT2D eigenvalue weighted by molar-refractivity contribution is -0.137. The van der Waals surface area contributed by atoms with E-state index in [1.165, 1.54) is 33.5 Å². The summed E-state index contributed by atoms with van der Waals surface area (Å²) in [6, 6.07) is 22.8. The maximum Gasteiger partial charge on any atom is 0.416 e. The van der Waals surface area contributed by atoms with Crippen LogP contribution in [0.5, 0.6) is 23.0 Å². The first kappa shape index (κ1) is 39.6. The molecule has 0 spiro atoms. The molecule has 0 unspecified atom stereocenters. The van der Waals surface area contributed by atoms with Crippen LogP contribution in [0.25, 0.3) is 33.9 Å². The summed E-state index contributed by atoms with van der Waals surface area (Å²) in [5, 5.41) is 2.84. The number of nitrogens with zero attached hydrogens (tertiary/aromatic N) is 2. The van der Waals surface area contributed by atoms with Crippen LogP contribution in [-0.2, 0) is 22.2 Å². The summed E-state index contributed by atoms with van der Waals surface area (Å²) in [5.74, 6) is 2.11. The second kappa shape index (κ2) is 18.5. The van der Waals surface area contributed by atoms with Crippen molar-refractivity contribution in [2.75, 3.05) is 68.0 Å². The van der Waals surface area contributed by atoms with Crippen molar-refractivity contribution in [3.63, 3.8) is 0 Å². The van der Waals surface area contributed by atoms with Gasteiger partial charge in [-0.25, -0.2) is 4.98 Å². The van der Waals surface area contributed by atoms with E-state index in [1.54, 1.807) is 37.4 Å². The maximum atomic E-state index is 13.6. The fourth-order valence-electron chi connectivity index (χ4n) is 5.78. The summed E-state index contributed by atoms with van der Waals surface area (Å²) >= 11 is 0. The Morgan fingerprint density at radius 2 is 1.26 bits per heavy atom. The largest absolute Gasteiger partial charge is 0.493 e. The Morgan fingerprint density at radius 1 is 0.704 bits per heavy atom. The lowest BCUT2D eigenvalue weighted by Crippen LogP contribution is -2.27. The number of rotatable bonds is 18. The summed E-state index contributed by atoms with van der Waals surface area (Å²) in [4.78, 5) is 18.0. The third-order valence-electron chi connectivity index (χ3n) is 8.47. The smallest absolute Gasteiger partial charge is 0.416 e. The molecular formula is C40H43F3N4O7. The monoisotopic (exact) mass is 748 g/mol. The van der Waals surface area contributed by atoms with Crippen molar-refractivity contribution < 1.29 is 46.4 Å². The summed E-state index contributed by atoms with van der Waals surface area (Å²) in [7, 11) is 6.14. The van der Waals surface area contributed by atoms with Crippen LogP contribution in [0, 0.1) is 0 Å². The van der Waals surface area contributed by atoms with E-state index in [0.717, 1.165) is 17.7 Å². The Hall–Kier alpha value is -5.57. The Labute approximate surface area is 311 Å². The molecule has 4 aromatic carbocycles. The van der Waals surface area contributed by atoms with Crippen molar-refractivity contribution >= 4 is 5.91 Å². The van der Waals surface area contributed by atoms with Crippen LogP contribution in [0.15, 0.2) is 84.9 Å². The molecule has 0 saturated heterocycles. The molecule has 0 saturated carbocycles. The van der Waals surface area contributed by atoms with Crippen LogP contribution in [0.1, 0.15) is 21.5 Å².